The zero-order valence-corrected chi connectivity index (χ0v) is 11.6. The van der Waals surface area contributed by atoms with Crippen LogP contribution in [-0.2, 0) is 16.1 Å². The molecule has 1 fully saturated rings. The van der Waals surface area contributed by atoms with E-state index in [1.54, 1.807) is 0 Å². The molecule has 0 radical (unpaired) electrons. The second-order valence-electron chi connectivity index (χ2n) is 4.44. The molecule has 0 spiro atoms. The Bertz CT molecular complexity index is 430. The zero-order valence-electron chi connectivity index (χ0n) is 9.99. The Balaban J connectivity index is 2.06. The summed E-state index contributed by atoms with van der Waals surface area (Å²) in [5.41, 5.74) is 0.206. The molecule has 2 N–H and O–H groups in total. The summed E-state index contributed by atoms with van der Waals surface area (Å²) in [4.78, 5) is 11.5. The smallest absolute Gasteiger partial charge is 0.324 e. The lowest BCUT2D eigenvalue weighted by Crippen LogP contribution is -2.55. The molecule has 1 aromatic carbocycles. The van der Waals surface area contributed by atoms with E-state index in [0.717, 1.165) is 10.0 Å². The van der Waals surface area contributed by atoms with Gasteiger partial charge in [-0.05, 0) is 24.5 Å². The first kappa shape index (κ1) is 13.5. The van der Waals surface area contributed by atoms with Crippen molar-refractivity contribution in [3.8, 4) is 0 Å². The fourth-order valence-electron chi connectivity index (χ4n) is 2.09. The fraction of sp³-hybridized carbons (Fsp3) is 0.462. The van der Waals surface area contributed by atoms with Crippen LogP contribution >= 0.6 is 15.9 Å². The predicted octanol–water partition coefficient (Wildman–Crippen LogP) is 2.17. The number of carboxylic acids is 1. The Morgan fingerprint density at radius 3 is 2.67 bits per heavy atom. The van der Waals surface area contributed by atoms with Crippen LogP contribution in [0.15, 0.2) is 28.7 Å². The quantitative estimate of drug-likeness (QED) is 0.894. The molecule has 1 aliphatic rings. The number of ether oxygens (including phenoxy) is 1. The normalized spacial score (nSPS) is 18.5. The first-order valence-corrected chi connectivity index (χ1v) is 6.73. The number of nitrogens with one attached hydrogen (secondary N) is 1. The summed E-state index contributed by atoms with van der Waals surface area (Å²) < 4.78 is 6.23. The van der Waals surface area contributed by atoms with Gasteiger partial charge in [0.15, 0.2) is 0 Å². The van der Waals surface area contributed by atoms with Gasteiger partial charge < -0.3 is 9.84 Å². The highest BCUT2D eigenvalue weighted by Gasteiger charge is 2.39. The molecule has 0 aromatic heterocycles. The maximum absolute atomic E-state index is 11.5. The number of halogens is 1. The summed E-state index contributed by atoms with van der Waals surface area (Å²) in [6, 6.07) is 7.81. The van der Waals surface area contributed by atoms with Gasteiger partial charge in [-0.15, -0.1) is 0 Å². The van der Waals surface area contributed by atoms with E-state index in [1.165, 1.54) is 0 Å². The van der Waals surface area contributed by atoms with Gasteiger partial charge in [-0.1, -0.05) is 34.1 Å². The van der Waals surface area contributed by atoms with Crippen molar-refractivity contribution in [1.29, 1.82) is 0 Å². The van der Waals surface area contributed by atoms with Crippen molar-refractivity contribution in [2.24, 2.45) is 0 Å². The number of carboxylic acid groups (broad SMARTS) is 1. The summed E-state index contributed by atoms with van der Waals surface area (Å²) in [7, 11) is 0. The van der Waals surface area contributed by atoms with Crippen molar-refractivity contribution in [2.45, 2.75) is 24.9 Å². The van der Waals surface area contributed by atoms with Gasteiger partial charge in [-0.25, -0.2) is 0 Å². The summed E-state index contributed by atoms with van der Waals surface area (Å²) in [6.45, 7) is 1.53. The van der Waals surface area contributed by atoms with Gasteiger partial charge >= 0.3 is 5.97 Å². The van der Waals surface area contributed by atoms with Crippen LogP contribution in [0.25, 0.3) is 0 Å². The van der Waals surface area contributed by atoms with Crippen LogP contribution in [-0.4, -0.2) is 29.8 Å². The Kier molecular flexibility index (Phi) is 4.37. The molecule has 0 amide bonds. The predicted molar refractivity (Wildman–Crippen MR) is 71.4 cm³/mol. The van der Waals surface area contributed by atoms with Crippen LogP contribution in [0.1, 0.15) is 18.4 Å². The van der Waals surface area contributed by atoms with Crippen LogP contribution in [0, 0.1) is 0 Å². The molecule has 0 bridgehead atoms. The molecule has 18 heavy (non-hydrogen) atoms. The third-order valence-electron chi connectivity index (χ3n) is 3.33. The van der Waals surface area contributed by atoms with Crippen molar-refractivity contribution >= 4 is 21.9 Å². The minimum absolute atomic E-state index is 0.495. The molecular weight excluding hydrogens is 298 g/mol. The minimum Gasteiger partial charge on any atom is -0.480 e. The third-order valence-corrected chi connectivity index (χ3v) is 4.10. The minimum atomic E-state index is -0.854. The highest BCUT2D eigenvalue weighted by Crippen LogP contribution is 2.23. The van der Waals surface area contributed by atoms with E-state index in [9.17, 15) is 9.90 Å². The Morgan fingerprint density at radius 1 is 1.39 bits per heavy atom. The number of carbonyl (C=O) groups is 1. The number of benzene rings is 1. The molecule has 1 aromatic rings. The summed E-state index contributed by atoms with van der Waals surface area (Å²) in [5, 5.41) is 12.6. The molecule has 98 valence electrons. The molecule has 0 atom stereocenters. The molecule has 2 rings (SSSR count). The van der Waals surface area contributed by atoms with Gasteiger partial charge in [0, 0.05) is 24.2 Å². The average Bonchev–Trinajstić information content (AvgIpc) is 2.39. The maximum atomic E-state index is 11.5. The average molecular weight is 314 g/mol. The van der Waals surface area contributed by atoms with Gasteiger partial charge in [0.25, 0.3) is 0 Å². The SMILES string of the molecule is O=C(O)C1(NCc2ccccc2Br)CCOCC1. The maximum Gasteiger partial charge on any atom is 0.324 e. The van der Waals surface area contributed by atoms with E-state index in [-0.39, 0.29) is 0 Å². The molecule has 0 unspecified atom stereocenters. The molecule has 5 heteroatoms. The largest absolute Gasteiger partial charge is 0.480 e. The van der Waals surface area contributed by atoms with Crippen molar-refractivity contribution in [3.05, 3.63) is 34.3 Å². The van der Waals surface area contributed by atoms with E-state index >= 15 is 0 Å². The first-order chi connectivity index (χ1) is 8.64. The van der Waals surface area contributed by atoms with Gasteiger partial charge in [0.1, 0.15) is 5.54 Å². The molecule has 0 saturated carbocycles. The van der Waals surface area contributed by atoms with Crippen molar-refractivity contribution in [2.75, 3.05) is 13.2 Å². The first-order valence-electron chi connectivity index (χ1n) is 5.94. The second-order valence-corrected chi connectivity index (χ2v) is 5.30. The monoisotopic (exact) mass is 313 g/mol. The number of hydrogen-bond donors (Lipinski definition) is 2. The number of aliphatic carboxylic acids is 1. The zero-order chi connectivity index (χ0) is 13.0. The topological polar surface area (TPSA) is 58.6 Å². The molecule has 1 aliphatic heterocycles. The van der Waals surface area contributed by atoms with Gasteiger partial charge in [-0.2, -0.15) is 0 Å². The lowest BCUT2D eigenvalue weighted by atomic mass is 9.90. The van der Waals surface area contributed by atoms with E-state index in [4.69, 9.17) is 4.74 Å². The summed E-state index contributed by atoms with van der Waals surface area (Å²) >= 11 is 3.46. The van der Waals surface area contributed by atoms with Crippen LogP contribution in [0.3, 0.4) is 0 Å². The summed E-state index contributed by atoms with van der Waals surface area (Å²) in [6.07, 6.45) is 1.01. The molecule has 4 nitrogen and oxygen atoms in total. The van der Waals surface area contributed by atoms with E-state index in [2.05, 4.69) is 21.2 Å². The van der Waals surface area contributed by atoms with Gasteiger partial charge in [0.2, 0.25) is 0 Å². The Labute approximate surface area is 114 Å². The number of rotatable bonds is 4. The fourth-order valence-corrected chi connectivity index (χ4v) is 2.52. The molecule has 0 aliphatic carbocycles. The highest BCUT2D eigenvalue weighted by atomic mass is 79.9. The van der Waals surface area contributed by atoms with Crippen molar-refractivity contribution < 1.29 is 14.6 Å². The second kappa shape index (κ2) is 5.82. The van der Waals surface area contributed by atoms with E-state index in [0.29, 0.717) is 32.6 Å². The van der Waals surface area contributed by atoms with E-state index in [1.807, 2.05) is 24.3 Å². The van der Waals surface area contributed by atoms with Crippen LogP contribution in [0.2, 0.25) is 0 Å². The van der Waals surface area contributed by atoms with Crippen LogP contribution in [0.4, 0.5) is 0 Å². The Morgan fingerprint density at radius 2 is 2.06 bits per heavy atom. The third kappa shape index (κ3) is 2.91. The standard InChI is InChI=1S/C13H16BrNO3/c14-11-4-2-1-3-10(11)9-15-13(12(16)17)5-7-18-8-6-13/h1-4,15H,5-9H2,(H,16,17). The van der Waals surface area contributed by atoms with Crippen molar-refractivity contribution in [3.63, 3.8) is 0 Å². The van der Waals surface area contributed by atoms with Gasteiger partial charge in [-0.3, -0.25) is 10.1 Å². The lowest BCUT2D eigenvalue weighted by molar-refractivity contribution is -0.149. The molecule has 1 heterocycles. The molecule has 1 saturated heterocycles. The van der Waals surface area contributed by atoms with E-state index < -0.39 is 11.5 Å². The van der Waals surface area contributed by atoms with Crippen LogP contribution < -0.4 is 5.32 Å². The van der Waals surface area contributed by atoms with Crippen LogP contribution in [0.5, 0.6) is 0 Å². The van der Waals surface area contributed by atoms with Gasteiger partial charge in [0.05, 0.1) is 0 Å². The Hall–Kier alpha value is -0.910. The lowest BCUT2D eigenvalue weighted by Gasteiger charge is -2.34. The van der Waals surface area contributed by atoms with Crippen molar-refractivity contribution in [1.82, 2.24) is 5.32 Å². The summed E-state index contributed by atoms with van der Waals surface area (Å²) in [5.74, 6) is -0.794. The molecular formula is C13H16BrNO3. The number of hydrogen-bond acceptors (Lipinski definition) is 3. The highest BCUT2D eigenvalue weighted by molar-refractivity contribution is 9.10.